The number of aliphatic hydroxyl groups excluding tert-OH is 2. The fourth-order valence-electron chi connectivity index (χ4n) is 5.75. The standard InChI is InChI=1S/C39H52N4O8/c1-25(2)39(35(40)47,36(48)50-24-28-20-14-15-21-29(28)34(46)43(6)7)42-31(23-27-18-12-9-13-19-27)33(45)32(44)30(22-26-16-10-8-11-17-26)41-37(49)51-38(3,4)5/h8-21,25,30-33,42,44-45H,22-24H2,1-7H3,(H2,40,47)(H,41,49)/t30?,31?,32?,33?,39-/m0/s1. The van der Waals surface area contributed by atoms with Gasteiger partial charge in [0.15, 0.2) is 5.54 Å². The van der Waals surface area contributed by atoms with Crippen LogP contribution in [0.3, 0.4) is 0 Å². The van der Waals surface area contributed by atoms with Crippen molar-refractivity contribution in [1.29, 1.82) is 0 Å². The molecule has 5 atom stereocenters. The molecule has 0 fully saturated rings. The van der Waals surface area contributed by atoms with Gasteiger partial charge in [-0.15, -0.1) is 0 Å². The van der Waals surface area contributed by atoms with Gasteiger partial charge in [0.1, 0.15) is 18.3 Å². The first-order valence-electron chi connectivity index (χ1n) is 16.9. The van der Waals surface area contributed by atoms with E-state index < -0.39 is 59.3 Å². The van der Waals surface area contributed by atoms with Crippen molar-refractivity contribution >= 4 is 23.9 Å². The maximum Gasteiger partial charge on any atom is 0.407 e. The zero-order chi connectivity index (χ0) is 37.9. The Hall–Kier alpha value is -4.78. The Morgan fingerprint density at radius 3 is 1.76 bits per heavy atom. The first-order valence-corrected chi connectivity index (χ1v) is 16.9. The first kappa shape index (κ1) is 40.6. The van der Waals surface area contributed by atoms with Gasteiger partial charge >= 0.3 is 12.1 Å². The van der Waals surface area contributed by atoms with E-state index in [4.69, 9.17) is 15.2 Å². The molecule has 0 saturated carbocycles. The van der Waals surface area contributed by atoms with Gasteiger partial charge in [0.05, 0.1) is 12.1 Å². The van der Waals surface area contributed by atoms with Crippen molar-refractivity contribution in [1.82, 2.24) is 15.5 Å². The number of primary amides is 1. The predicted octanol–water partition coefficient (Wildman–Crippen LogP) is 3.37. The Morgan fingerprint density at radius 2 is 1.27 bits per heavy atom. The lowest BCUT2D eigenvalue weighted by Crippen LogP contribution is -2.70. The number of nitrogens with zero attached hydrogens (tertiary/aromatic N) is 1. The highest BCUT2D eigenvalue weighted by molar-refractivity contribution is 6.07. The van der Waals surface area contributed by atoms with Crippen LogP contribution in [0.1, 0.15) is 61.7 Å². The summed E-state index contributed by atoms with van der Waals surface area (Å²) >= 11 is 0. The van der Waals surface area contributed by atoms with Gasteiger partial charge in [-0.3, -0.25) is 14.9 Å². The second-order valence-electron chi connectivity index (χ2n) is 14.1. The highest BCUT2D eigenvalue weighted by Gasteiger charge is 2.52. The molecule has 0 spiro atoms. The lowest BCUT2D eigenvalue weighted by Gasteiger charge is -2.40. The van der Waals surface area contributed by atoms with Crippen LogP contribution in [0.25, 0.3) is 0 Å². The second-order valence-corrected chi connectivity index (χ2v) is 14.1. The molecule has 0 bridgehead atoms. The minimum atomic E-state index is -2.19. The molecule has 0 aliphatic rings. The van der Waals surface area contributed by atoms with E-state index in [2.05, 4.69) is 10.6 Å². The van der Waals surface area contributed by atoms with Gasteiger partial charge in [0.2, 0.25) is 5.91 Å². The number of amides is 3. The minimum Gasteiger partial charge on any atom is -0.459 e. The fraction of sp³-hybridized carbons (Fsp3) is 0.436. The number of benzene rings is 3. The topological polar surface area (TPSA) is 181 Å². The Labute approximate surface area is 300 Å². The minimum absolute atomic E-state index is 0.0404. The van der Waals surface area contributed by atoms with Crippen LogP contribution in [0.15, 0.2) is 84.9 Å². The van der Waals surface area contributed by atoms with Gasteiger partial charge in [-0.2, -0.15) is 0 Å². The van der Waals surface area contributed by atoms with Crippen LogP contribution in [0.2, 0.25) is 0 Å². The zero-order valence-corrected chi connectivity index (χ0v) is 30.5. The number of carbonyl (C=O) groups excluding carboxylic acids is 4. The summed E-state index contributed by atoms with van der Waals surface area (Å²) in [4.78, 5) is 54.6. The molecule has 4 unspecified atom stereocenters. The van der Waals surface area contributed by atoms with Gasteiger partial charge in [-0.1, -0.05) is 92.7 Å². The van der Waals surface area contributed by atoms with E-state index in [0.29, 0.717) is 16.7 Å². The van der Waals surface area contributed by atoms with Crippen molar-refractivity contribution in [3.8, 4) is 0 Å². The molecule has 3 rings (SSSR count). The van der Waals surface area contributed by atoms with Crippen molar-refractivity contribution < 1.29 is 38.9 Å². The molecule has 51 heavy (non-hydrogen) atoms. The summed E-state index contributed by atoms with van der Waals surface area (Å²) in [5.41, 5.74) is 5.18. The molecule has 3 aromatic carbocycles. The van der Waals surface area contributed by atoms with Crippen LogP contribution < -0.4 is 16.4 Å². The smallest absolute Gasteiger partial charge is 0.407 e. The number of alkyl carbamates (subject to hydrolysis) is 1. The largest absolute Gasteiger partial charge is 0.459 e. The molecule has 12 heteroatoms. The first-order chi connectivity index (χ1) is 24.0. The molecule has 0 aliphatic heterocycles. The van der Waals surface area contributed by atoms with Crippen molar-refractivity contribution in [3.05, 3.63) is 107 Å². The molecular formula is C39H52N4O8. The highest BCUT2D eigenvalue weighted by atomic mass is 16.6. The molecule has 3 aromatic rings. The van der Waals surface area contributed by atoms with Crippen LogP contribution in [-0.4, -0.2) is 88.5 Å². The molecule has 276 valence electrons. The average Bonchev–Trinajstić information content (AvgIpc) is 3.07. The Balaban J connectivity index is 2.02. The fourth-order valence-corrected chi connectivity index (χ4v) is 5.75. The van der Waals surface area contributed by atoms with Crippen LogP contribution in [0, 0.1) is 5.92 Å². The Morgan fingerprint density at radius 1 is 0.784 bits per heavy atom. The van der Waals surface area contributed by atoms with Crippen molar-refractivity contribution in [2.75, 3.05) is 14.1 Å². The van der Waals surface area contributed by atoms with Gasteiger partial charge < -0.3 is 35.6 Å². The molecule has 0 saturated heterocycles. The van der Waals surface area contributed by atoms with Gasteiger partial charge in [-0.25, -0.2) is 9.59 Å². The molecule has 0 radical (unpaired) electrons. The number of ether oxygens (including phenoxy) is 2. The molecule has 12 nitrogen and oxygen atoms in total. The van der Waals surface area contributed by atoms with E-state index in [1.54, 1.807) is 97.2 Å². The van der Waals surface area contributed by atoms with E-state index in [-0.39, 0.29) is 25.4 Å². The molecule has 0 aliphatic carbocycles. The molecular weight excluding hydrogens is 652 g/mol. The summed E-state index contributed by atoms with van der Waals surface area (Å²) in [6.45, 7) is 7.98. The lowest BCUT2D eigenvalue weighted by molar-refractivity contribution is -0.161. The Bertz CT molecular complexity index is 1610. The number of aliphatic hydroxyl groups is 2. The van der Waals surface area contributed by atoms with Gasteiger partial charge in [0, 0.05) is 31.3 Å². The monoisotopic (exact) mass is 704 g/mol. The number of carbonyl (C=O) groups is 4. The van der Waals surface area contributed by atoms with E-state index in [9.17, 15) is 29.4 Å². The van der Waals surface area contributed by atoms with E-state index in [1.807, 2.05) is 36.4 Å². The normalized spacial score (nSPS) is 15.1. The quantitative estimate of drug-likeness (QED) is 0.110. The van der Waals surface area contributed by atoms with E-state index in [0.717, 1.165) is 5.56 Å². The Kier molecular flexibility index (Phi) is 14.3. The lowest BCUT2D eigenvalue weighted by atomic mass is 9.82. The van der Waals surface area contributed by atoms with Crippen LogP contribution in [0.4, 0.5) is 4.79 Å². The summed E-state index contributed by atoms with van der Waals surface area (Å²) in [6, 6.07) is 22.5. The van der Waals surface area contributed by atoms with Crippen LogP contribution in [0.5, 0.6) is 0 Å². The summed E-state index contributed by atoms with van der Waals surface area (Å²) in [7, 11) is 3.21. The van der Waals surface area contributed by atoms with Gasteiger partial charge in [-0.05, 0) is 56.7 Å². The third-order valence-corrected chi connectivity index (χ3v) is 8.48. The van der Waals surface area contributed by atoms with Gasteiger partial charge in [0.25, 0.3) is 5.91 Å². The summed E-state index contributed by atoms with van der Waals surface area (Å²) in [5, 5.41) is 29.5. The highest BCUT2D eigenvalue weighted by Crippen LogP contribution is 2.25. The number of esters is 1. The maximum atomic E-state index is 14.1. The SMILES string of the molecule is CC(C)[C@](NC(Cc1ccccc1)C(O)C(O)C(Cc1ccccc1)NC(=O)OC(C)(C)C)(C(N)=O)C(=O)OCc1ccccc1C(=O)N(C)C. The number of hydrogen-bond acceptors (Lipinski definition) is 9. The number of nitrogens with two attached hydrogens (primary N) is 1. The van der Waals surface area contributed by atoms with E-state index >= 15 is 0 Å². The summed E-state index contributed by atoms with van der Waals surface area (Å²) in [6.07, 6.45) is -3.94. The van der Waals surface area contributed by atoms with Crippen molar-refractivity contribution in [3.63, 3.8) is 0 Å². The van der Waals surface area contributed by atoms with Crippen LogP contribution in [-0.2, 0) is 38.5 Å². The zero-order valence-electron chi connectivity index (χ0n) is 30.5. The van der Waals surface area contributed by atoms with E-state index in [1.165, 1.54) is 4.90 Å². The van der Waals surface area contributed by atoms with Crippen molar-refractivity contribution in [2.45, 2.75) is 89.5 Å². The predicted molar refractivity (Wildman–Crippen MR) is 193 cm³/mol. The number of nitrogens with one attached hydrogen (secondary N) is 2. The van der Waals surface area contributed by atoms with Crippen molar-refractivity contribution in [2.24, 2.45) is 11.7 Å². The maximum absolute atomic E-state index is 14.1. The average molecular weight is 705 g/mol. The summed E-state index contributed by atoms with van der Waals surface area (Å²) < 4.78 is 11.2. The third-order valence-electron chi connectivity index (χ3n) is 8.48. The molecule has 3 amide bonds. The number of hydrogen-bond donors (Lipinski definition) is 5. The second kappa shape index (κ2) is 17.9. The van der Waals surface area contributed by atoms with Crippen LogP contribution >= 0.6 is 0 Å². The molecule has 0 aromatic heterocycles. The molecule has 0 heterocycles. The number of rotatable bonds is 16. The third kappa shape index (κ3) is 11.1. The molecule has 6 N–H and O–H groups in total. The summed E-state index contributed by atoms with van der Waals surface area (Å²) in [5.74, 6) is -3.18.